The summed E-state index contributed by atoms with van der Waals surface area (Å²) in [4.78, 5) is 13.9. The van der Waals surface area contributed by atoms with Crippen molar-refractivity contribution in [2.24, 2.45) is 5.92 Å². The number of amides is 1. The topological polar surface area (TPSA) is 41.6 Å². The van der Waals surface area contributed by atoms with Gasteiger partial charge in [-0.15, -0.1) is 0 Å². The molecule has 0 aliphatic carbocycles. The lowest BCUT2D eigenvalue weighted by Gasteiger charge is -2.27. The van der Waals surface area contributed by atoms with Gasteiger partial charge in [0.15, 0.2) is 0 Å². The maximum Gasteiger partial charge on any atom is 0.223 e. The maximum atomic E-state index is 11.9. The molecule has 0 bridgehead atoms. The molecule has 1 N–H and O–H groups in total. The van der Waals surface area contributed by atoms with Crippen LogP contribution in [0.25, 0.3) is 0 Å². The standard InChI is InChI=1S/C12H22N2O2/c1-9-10(7-13-2)6-12(15)14(9)8-11-4-3-5-16-11/h9-11,13H,3-8H2,1-2H3. The zero-order chi connectivity index (χ0) is 11.5. The third-order valence-electron chi connectivity index (χ3n) is 3.82. The van der Waals surface area contributed by atoms with Crippen molar-refractivity contribution in [1.82, 2.24) is 10.2 Å². The van der Waals surface area contributed by atoms with Crippen LogP contribution in [0.1, 0.15) is 26.2 Å². The number of nitrogens with one attached hydrogen (secondary N) is 1. The van der Waals surface area contributed by atoms with Crippen LogP contribution < -0.4 is 5.32 Å². The lowest BCUT2D eigenvalue weighted by molar-refractivity contribution is -0.130. The van der Waals surface area contributed by atoms with Gasteiger partial charge in [0.1, 0.15) is 0 Å². The monoisotopic (exact) mass is 226 g/mol. The Morgan fingerprint density at radius 2 is 2.38 bits per heavy atom. The smallest absolute Gasteiger partial charge is 0.223 e. The first-order chi connectivity index (χ1) is 7.72. The first-order valence-electron chi connectivity index (χ1n) is 6.28. The summed E-state index contributed by atoms with van der Waals surface area (Å²) >= 11 is 0. The van der Waals surface area contributed by atoms with Gasteiger partial charge >= 0.3 is 0 Å². The fraction of sp³-hybridized carbons (Fsp3) is 0.917. The van der Waals surface area contributed by atoms with Crippen molar-refractivity contribution in [3.63, 3.8) is 0 Å². The second-order valence-electron chi connectivity index (χ2n) is 4.94. The molecule has 0 saturated carbocycles. The lowest BCUT2D eigenvalue weighted by Crippen LogP contribution is -2.40. The number of hydrogen-bond donors (Lipinski definition) is 1. The molecule has 2 aliphatic heterocycles. The van der Waals surface area contributed by atoms with Crippen molar-refractivity contribution < 1.29 is 9.53 Å². The van der Waals surface area contributed by atoms with Crippen LogP contribution in [0.2, 0.25) is 0 Å². The van der Waals surface area contributed by atoms with Crippen LogP contribution >= 0.6 is 0 Å². The number of carbonyl (C=O) groups excluding carboxylic acids is 1. The molecule has 2 saturated heterocycles. The van der Waals surface area contributed by atoms with Gasteiger partial charge in [0.05, 0.1) is 6.10 Å². The van der Waals surface area contributed by atoms with E-state index in [9.17, 15) is 4.79 Å². The highest BCUT2D eigenvalue weighted by Crippen LogP contribution is 2.26. The van der Waals surface area contributed by atoms with E-state index < -0.39 is 0 Å². The molecule has 4 heteroatoms. The zero-order valence-corrected chi connectivity index (χ0v) is 10.2. The Kier molecular flexibility index (Phi) is 3.82. The fourth-order valence-corrected chi connectivity index (χ4v) is 2.77. The van der Waals surface area contributed by atoms with E-state index in [0.29, 0.717) is 24.3 Å². The van der Waals surface area contributed by atoms with Gasteiger partial charge in [-0.25, -0.2) is 0 Å². The van der Waals surface area contributed by atoms with Crippen molar-refractivity contribution in [2.45, 2.75) is 38.3 Å². The number of likely N-dealkylation sites (tertiary alicyclic amines) is 1. The Bertz CT molecular complexity index is 251. The van der Waals surface area contributed by atoms with E-state index in [0.717, 1.165) is 32.5 Å². The van der Waals surface area contributed by atoms with E-state index in [-0.39, 0.29) is 6.10 Å². The molecule has 2 heterocycles. The quantitative estimate of drug-likeness (QED) is 0.764. The number of carbonyl (C=O) groups is 1. The van der Waals surface area contributed by atoms with Crippen molar-refractivity contribution in [2.75, 3.05) is 26.7 Å². The second-order valence-corrected chi connectivity index (χ2v) is 4.94. The third kappa shape index (κ3) is 2.38. The molecule has 92 valence electrons. The van der Waals surface area contributed by atoms with E-state index >= 15 is 0 Å². The molecular weight excluding hydrogens is 204 g/mol. The summed E-state index contributed by atoms with van der Waals surface area (Å²) in [6.07, 6.45) is 3.21. The Balaban J connectivity index is 1.90. The van der Waals surface area contributed by atoms with Crippen LogP contribution in [-0.4, -0.2) is 49.7 Å². The molecule has 3 unspecified atom stereocenters. The summed E-state index contributed by atoms with van der Waals surface area (Å²) in [6.45, 7) is 4.73. The van der Waals surface area contributed by atoms with Gasteiger partial charge in [-0.2, -0.15) is 0 Å². The molecule has 0 radical (unpaired) electrons. The molecule has 1 amide bonds. The van der Waals surface area contributed by atoms with Crippen LogP contribution in [0, 0.1) is 5.92 Å². The minimum absolute atomic E-state index is 0.278. The van der Waals surface area contributed by atoms with Gasteiger partial charge in [-0.1, -0.05) is 0 Å². The predicted octanol–water partition coefficient (Wildman–Crippen LogP) is 0.622. The third-order valence-corrected chi connectivity index (χ3v) is 3.82. The van der Waals surface area contributed by atoms with Gasteiger partial charge in [0.25, 0.3) is 0 Å². The predicted molar refractivity (Wildman–Crippen MR) is 62.2 cm³/mol. The lowest BCUT2D eigenvalue weighted by atomic mass is 10.0. The molecule has 2 aliphatic rings. The highest BCUT2D eigenvalue weighted by Gasteiger charge is 2.37. The molecular formula is C12H22N2O2. The summed E-state index contributed by atoms with van der Waals surface area (Å²) in [5.74, 6) is 0.752. The molecule has 16 heavy (non-hydrogen) atoms. The van der Waals surface area contributed by atoms with Crippen molar-refractivity contribution >= 4 is 5.91 Å². The summed E-state index contributed by atoms with van der Waals surface area (Å²) < 4.78 is 5.60. The molecule has 0 aromatic heterocycles. The van der Waals surface area contributed by atoms with Crippen LogP contribution in [0.15, 0.2) is 0 Å². The van der Waals surface area contributed by atoms with E-state index in [1.807, 2.05) is 11.9 Å². The SMILES string of the molecule is CNCC1CC(=O)N(CC2CCCO2)C1C. The summed E-state index contributed by atoms with van der Waals surface area (Å²) in [7, 11) is 1.94. The first kappa shape index (κ1) is 11.9. The average molecular weight is 226 g/mol. The molecule has 0 aromatic rings. The van der Waals surface area contributed by atoms with Gasteiger partial charge < -0.3 is 15.0 Å². The summed E-state index contributed by atoms with van der Waals surface area (Å²) in [6, 6.07) is 0.351. The van der Waals surface area contributed by atoms with Crippen molar-refractivity contribution in [1.29, 1.82) is 0 Å². The second kappa shape index (κ2) is 5.15. The summed E-state index contributed by atoms with van der Waals surface area (Å²) in [5, 5.41) is 3.16. The van der Waals surface area contributed by atoms with E-state index in [1.165, 1.54) is 0 Å². The van der Waals surface area contributed by atoms with Gasteiger partial charge in [-0.05, 0) is 26.8 Å². The normalized spacial score (nSPS) is 35.0. The first-order valence-corrected chi connectivity index (χ1v) is 6.28. The van der Waals surface area contributed by atoms with E-state index in [2.05, 4.69) is 12.2 Å². The molecule has 2 rings (SSSR count). The van der Waals surface area contributed by atoms with Gasteiger partial charge in [0, 0.05) is 38.1 Å². The van der Waals surface area contributed by atoms with Crippen molar-refractivity contribution in [3.05, 3.63) is 0 Å². The van der Waals surface area contributed by atoms with Gasteiger partial charge in [-0.3, -0.25) is 4.79 Å². The largest absolute Gasteiger partial charge is 0.376 e. The number of ether oxygens (including phenoxy) is 1. The zero-order valence-electron chi connectivity index (χ0n) is 10.2. The minimum atomic E-state index is 0.278. The summed E-state index contributed by atoms with van der Waals surface area (Å²) in [5.41, 5.74) is 0. The van der Waals surface area contributed by atoms with E-state index in [1.54, 1.807) is 0 Å². The molecule has 0 aromatic carbocycles. The number of rotatable bonds is 4. The molecule has 3 atom stereocenters. The van der Waals surface area contributed by atoms with E-state index in [4.69, 9.17) is 4.74 Å². The molecule has 0 spiro atoms. The maximum absolute atomic E-state index is 11.9. The Labute approximate surface area is 97.3 Å². The van der Waals surface area contributed by atoms with Crippen LogP contribution in [0.4, 0.5) is 0 Å². The number of nitrogens with zero attached hydrogens (tertiary/aromatic N) is 1. The fourth-order valence-electron chi connectivity index (χ4n) is 2.77. The number of hydrogen-bond acceptors (Lipinski definition) is 3. The van der Waals surface area contributed by atoms with Crippen molar-refractivity contribution in [3.8, 4) is 0 Å². The Morgan fingerprint density at radius 3 is 3.00 bits per heavy atom. The van der Waals surface area contributed by atoms with Gasteiger partial charge in [0.2, 0.25) is 5.91 Å². The molecule has 4 nitrogen and oxygen atoms in total. The van der Waals surface area contributed by atoms with Crippen LogP contribution in [0.3, 0.4) is 0 Å². The highest BCUT2D eigenvalue weighted by atomic mass is 16.5. The Morgan fingerprint density at radius 1 is 1.56 bits per heavy atom. The van der Waals surface area contributed by atoms with Crippen LogP contribution in [0.5, 0.6) is 0 Å². The van der Waals surface area contributed by atoms with Crippen LogP contribution in [-0.2, 0) is 9.53 Å². The highest BCUT2D eigenvalue weighted by molar-refractivity contribution is 5.79. The minimum Gasteiger partial charge on any atom is -0.376 e. The molecule has 2 fully saturated rings. The Hall–Kier alpha value is -0.610. The average Bonchev–Trinajstić information content (AvgIpc) is 2.84.